The molecule has 1 aromatic carbocycles. The van der Waals surface area contributed by atoms with Crippen molar-refractivity contribution in [2.24, 2.45) is 11.3 Å². The molecule has 1 spiro atoms. The number of halogens is 1. The second-order valence-electron chi connectivity index (χ2n) is 11.0. The SMILES string of the molecule is O=C(Nc1ccc(N2CCC[C@]3(CCN([C@H]4CC[C@H](O)CC4)C3=O)C2)c(Cl)c1)C1CCCCC1. The second-order valence-corrected chi connectivity index (χ2v) is 11.4. The number of amides is 2. The van der Waals surface area contributed by atoms with E-state index in [2.05, 4.69) is 15.1 Å². The number of anilines is 2. The van der Waals surface area contributed by atoms with Crippen LogP contribution in [0.4, 0.5) is 11.4 Å². The fraction of sp³-hybridized carbons (Fsp3) is 0.704. The number of aliphatic hydroxyl groups is 1. The average Bonchev–Trinajstić information content (AvgIpc) is 3.15. The fourth-order valence-electron chi connectivity index (χ4n) is 6.73. The van der Waals surface area contributed by atoms with Crippen LogP contribution in [0.1, 0.15) is 77.0 Å². The number of hydrogen-bond acceptors (Lipinski definition) is 4. The topological polar surface area (TPSA) is 72.9 Å². The Morgan fingerprint density at radius 1 is 1.00 bits per heavy atom. The summed E-state index contributed by atoms with van der Waals surface area (Å²) in [5.74, 6) is 0.510. The molecule has 2 amide bonds. The Labute approximate surface area is 208 Å². The van der Waals surface area contributed by atoms with Crippen molar-refractivity contribution in [3.05, 3.63) is 23.2 Å². The van der Waals surface area contributed by atoms with Gasteiger partial charge in [0.25, 0.3) is 0 Å². The highest BCUT2D eigenvalue weighted by molar-refractivity contribution is 6.33. The molecule has 0 radical (unpaired) electrons. The molecule has 34 heavy (non-hydrogen) atoms. The quantitative estimate of drug-likeness (QED) is 0.628. The van der Waals surface area contributed by atoms with Crippen molar-refractivity contribution in [2.75, 3.05) is 29.9 Å². The summed E-state index contributed by atoms with van der Waals surface area (Å²) in [6.45, 7) is 2.41. The maximum atomic E-state index is 13.6. The molecule has 5 rings (SSSR count). The third kappa shape index (κ3) is 4.81. The molecule has 0 aromatic heterocycles. The van der Waals surface area contributed by atoms with Crippen molar-refractivity contribution in [2.45, 2.75) is 89.2 Å². The molecule has 4 fully saturated rings. The highest BCUT2D eigenvalue weighted by Gasteiger charge is 2.50. The summed E-state index contributed by atoms with van der Waals surface area (Å²) in [5.41, 5.74) is 1.37. The molecular formula is C27H38ClN3O3. The normalized spacial score (nSPS) is 30.7. The van der Waals surface area contributed by atoms with Crippen LogP contribution < -0.4 is 10.2 Å². The number of nitrogens with zero attached hydrogens (tertiary/aromatic N) is 2. The molecule has 6 nitrogen and oxygen atoms in total. The van der Waals surface area contributed by atoms with Gasteiger partial charge in [0, 0.05) is 37.3 Å². The number of benzene rings is 1. The Morgan fingerprint density at radius 2 is 1.76 bits per heavy atom. The lowest BCUT2D eigenvalue weighted by Crippen LogP contribution is -2.50. The van der Waals surface area contributed by atoms with E-state index >= 15 is 0 Å². The largest absolute Gasteiger partial charge is 0.393 e. The first kappa shape index (κ1) is 23.9. The van der Waals surface area contributed by atoms with E-state index in [9.17, 15) is 14.7 Å². The lowest BCUT2D eigenvalue weighted by molar-refractivity contribution is -0.139. The van der Waals surface area contributed by atoms with Gasteiger partial charge in [-0.15, -0.1) is 0 Å². The second kappa shape index (κ2) is 10.1. The van der Waals surface area contributed by atoms with E-state index in [4.69, 9.17) is 11.6 Å². The summed E-state index contributed by atoms with van der Waals surface area (Å²) in [6, 6.07) is 6.08. The highest BCUT2D eigenvalue weighted by atomic mass is 35.5. The standard InChI is InChI=1S/C27H38ClN3O3/c28-23-17-20(29-25(33)19-5-2-1-3-6-19)7-12-24(23)30-15-4-13-27(18-30)14-16-31(26(27)34)21-8-10-22(32)11-9-21/h7,12,17,19,21-22,32H,1-6,8-11,13-16,18H2,(H,29,33)/t21-,22-,27-/m0/s1. The van der Waals surface area contributed by atoms with E-state index in [0.717, 1.165) is 95.1 Å². The summed E-state index contributed by atoms with van der Waals surface area (Å²) in [7, 11) is 0. The zero-order valence-electron chi connectivity index (χ0n) is 20.1. The third-order valence-corrected chi connectivity index (χ3v) is 9.06. The van der Waals surface area contributed by atoms with E-state index in [1.807, 2.05) is 18.2 Å². The predicted octanol–water partition coefficient (Wildman–Crippen LogP) is 4.98. The lowest BCUT2D eigenvalue weighted by Gasteiger charge is -2.41. The van der Waals surface area contributed by atoms with Gasteiger partial charge in [0.15, 0.2) is 0 Å². The molecule has 186 valence electrons. The van der Waals surface area contributed by atoms with Gasteiger partial charge in [-0.05, 0) is 76.0 Å². The van der Waals surface area contributed by atoms with Crippen molar-refractivity contribution in [3.8, 4) is 0 Å². The van der Waals surface area contributed by atoms with E-state index in [1.54, 1.807) is 0 Å². The first-order valence-electron chi connectivity index (χ1n) is 13.3. The molecule has 0 bridgehead atoms. The van der Waals surface area contributed by atoms with Crippen molar-refractivity contribution in [3.63, 3.8) is 0 Å². The third-order valence-electron chi connectivity index (χ3n) is 8.76. The molecule has 0 unspecified atom stereocenters. The van der Waals surface area contributed by atoms with Crippen LogP contribution in [0.3, 0.4) is 0 Å². The Hall–Kier alpha value is -1.79. The van der Waals surface area contributed by atoms with E-state index in [-0.39, 0.29) is 29.4 Å². The Balaban J connectivity index is 1.24. The number of carbonyl (C=O) groups is 2. The summed E-state index contributed by atoms with van der Waals surface area (Å²) in [6.07, 6.45) is 11.5. The van der Waals surface area contributed by atoms with Crippen LogP contribution in [-0.4, -0.2) is 53.6 Å². The lowest BCUT2D eigenvalue weighted by atomic mass is 9.78. The Morgan fingerprint density at radius 3 is 2.50 bits per heavy atom. The van der Waals surface area contributed by atoms with Crippen molar-refractivity contribution < 1.29 is 14.7 Å². The summed E-state index contributed by atoms with van der Waals surface area (Å²) in [5, 5.41) is 13.5. The molecule has 1 aromatic rings. The van der Waals surface area contributed by atoms with Crippen molar-refractivity contribution >= 4 is 34.8 Å². The van der Waals surface area contributed by atoms with Crippen molar-refractivity contribution in [1.82, 2.24) is 4.90 Å². The van der Waals surface area contributed by atoms with Gasteiger partial charge in [-0.25, -0.2) is 0 Å². The van der Waals surface area contributed by atoms with Gasteiger partial charge in [-0.1, -0.05) is 30.9 Å². The van der Waals surface area contributed by atoms with E-state index in [0.29, 0.717) is 17.5 Å². The molecule has 7 heteroatoms. The molecular weight excluding hydrogens is 450 g/mol. The average molecular weight is 488 g/mol. The van der Waals surface area contributed by atoms with Gasteiger partial charge in [0.05, 0.1) is 22.2 Å². The number of aliphatic hydroxyl groups excluding tert-OH is 1. The molecule has 1 atom stereocenters. The fourth-order valence-corrected chi connectivity index (χ4v) is 7.03. The number of nitrogens with one attached hydrogen (secondary N) is 1. The van der Waals surface area contributed by atoms with Crippen LogP contribution in [-0.2, 0) is 9.59 Å². The van der Waals surface area contributed by atoms with Gasteiger partial charge >= 0.3 is 0 Å². The van der Waals surface area contributed by atoms with Crippen LogP contribution in [0.25, 0.3) is 0 Å². The maximum Gasteiger partial charge on any atom is 0.230 e. The molecule has 2 N–H and O–H groups in total. The van der Waals surface area contributed by atoms with Crippen LogP contribution in [0.2, 0.25) is 5.02 Å². The van der Waals surface area contributed by atoms with Gasteiger partial charge < -0.3 is 20.2 Å². The van der Waals surface area contributed by atoms with E-state index < -0.39 is 0 Å². The van der Waals surface area contributed by atoms with Crippen LogP contribution in [0.15, 0.2) is 18.2 Å². The van der Waals surface area contributed by atoms with Gasteiger partial charge in [-0.2, -0.15) is 0 Å². The number of carbonyl (C=O) groups excluding carboxylic acids is 2. The van der Waals surface area contributed by atoms with E-state index in [1.165, 1.54) is 6.42 Å². The predicted molar refractivity (Wildman–Crippen MR) is 135 cm³/mol. The van der Waals surface area contributed by atoms with Crippen LogP contribution in [0.5, 0.6) is 0 Å². The smallest absolute Gasteiger partial charge is 0.230 e. The highest BCUT2D eigenvalue weighted by Crippen LogP contribution is 2.44. The van der Waals surface area contributed by atoms with Crippen LogP contribution >= 0.6 is 11.6 Å². The maximum absolute atomic E-state index is 13.6. The number of rotatable bonds is 4. The number of piperidine rings is 1. The first-order chi connectivity index (χ1) is 16.4. The first-order valence-corrected chi connectivity index (χ1v) is 13.7. The summed E-state index contributed by atoms with van der Waals surface area (Å²) in [4.78, 5) is 30.6. The number of hydrogen-bond donors (Lipinski definition) is 2. The van der Waals surface area contributed by atoms with Gasteiger partial charge in [0.1, 0.15) is 0 Å². The number of likely N-dealkylation sites (tertiary alicyclic amines) is 1. The zero-order chi connectivity index (χ0) is 23.7. The molecule has 2 heterocycles. The van der Waals surface area contributed by atoms with Crippen LogP contribution in [0, 0.1) is 11.3 Å². The minimum Gasteiger partial charge on any atom is -0.393 e. The molecule has 2 saturated heterocycles. The molecule has 2 aliphatic heterocycles. The molecule has 2 aliphatic carbocycles. The monoisotopic (exact) mass is 487 g/mol. The zero-order valence-corrected chi connectivity index (χ0v) is 20.9. The minimum absolute atomic E-state index is 0.104. The Bertz CT molecular complexity index is 910. The Kier molecular flexibility index (Phi) is 7.08. The molecule has 4 aliphatic rings. The summed E-state index contributed by atoms with van der Waals surface area (Å²) >= 11 is 6.72. The summed E-state index contributed by atoms with van der Waals surface area (Å²) < 4.78 is 0. The minimum atomic E-state index is -0.328. The van der Waals surface area contributed by atoms with Crippen molar-refractivity contribution in [1.29, 1.82) is 0 Å². The molecule has 2 saturated carbocycles. The van der Waals surface area contributed by atoms with Gasteiger partial charge in [0.2, 0.25) is 11.8 Å². The van der Waals surface area contributed by atoms with Gasteiger partial charge in [-0.3, -0.25) is 9.59 Å².